The Balaban J connectivity index is 0.946. The molecular weight excluding hydrogens is 865 g/mol. The van der Waals surface area contributed by atoms with Crippen molar-refractivity contribution in [3.63, 3.8) is 0 Å². The minimum absolute atomic E-state index is 0.597. The summed E-state index contributed by atoms with van der Waals surface area (Å²) < 4.78 is 2.39. The Labute approximate surface area is 412 Å². The number of nitriles is 1. The lowest BCUT2D eigenvalue weighted by Gasteiger charge is -2.26. The molecule has 0 amide bonds. The number of hydrogen-bond acceptors (Lipinski definition) is 5. The first kappa shape index (κ1) is 42.5. The minimum Gasteiger partial charge on any atom is -0.310 e. The Hall–Kier alpha value is -9.83. The molecule has 6 nitrogen and oxygen atoms in total. The molecule has 10 aromatic carbocycles. The van der Waals surface area contributed by atoms with Gasteiger partial charge in [-0.25, -0.2) is 9.97 Å². The molecule has 0 bridgehead atoms. The molecule has 12 rings (SSSR count). The summed E-state index contributed by atoms with van der Waals surface area (Å²) in [7, 11) is 0. The first-order chi connectivity index (χ1) is 35.1. The Morgan fingerprint density at radius 1 is 0.324 bits per heavy atom. The van der Waals surface area contributed by atoms with Crippen LogP contribution in [0.2, 0.25) is 0 Å². The molecule has 0 atom stereocenters. The topological polar surface area (TPSA) is 61.0 Å². The molecule has 0 N–H and O–H groups in total. The van der Waals surface area contributed by atoms with Crippen molar-refractivity contribution in [1.82, 2.24) is 14.5 Å². The summed E-state index contributed by atoms with van der Waals surface area (Å²) in [6.07, 6.45) is 0. The monoisotopic (exact) mass is 908 g/mol. The summed E-state index contributed by atoms with van der Waals surface area (Å²) in [5, 5.41) is 11.7. The molecule has 71 heavy (non-hydrogen) atoms. The highest BCUT2D eigenvalue weighted by Crippen LogP contribution is 2.43. The lowest BCUT2D eigenvalue weighted by Crippen LogP contribution is -2.09. The van der Waals surface area contributed by atoms with Gasteiger partial charge >= 0.3 is 0 Å². The van der Waals surface area contributed by atoms with E-state index in [9.17, 15) is 5.26 Å². The van der Waals surface area contributed by atoms with Crippen molar-refractivity contribution >= 4 is 55.9 Å². The van der Waals surface area contributed by atoms with E-state index in [0.717, 1.165) is 101 Å². The fraction of sp³-hybridized carbons (Fsp3) is 0. The highest BCUT2D eigenvalue weighted by atomic mass is 15.1. The molecule has 0 fully saturated rings. The predicted molar refractivity (Wildman–Crippen MR) is 292 cm³/mol. The van der Waals surface area contributed by atoms with Crippen LogP contribution in [0.4, 0.5) is 34.1 Å². The zero-order valence-electron chi connectivity index (χ0n) is 38.6. The van der Waals surface area contributed by atoms with Crippen LogP contribution in [0, 0.1) is 11.3 Å². The normalized spacial score (nSPS) is 11.1. The number of hydrogen-bond donors (Lipinski definition) is 0. The lowest BCUT2D eigenvalue weighted by atomic mass is 10.0. The van der Waals surface area contributed by atoms with E-state index in [4.69, 9.17) is 9.97 Å². The van der Waals surface area contributed by atoms with Crippen LogP contribution < -0.4 is 9.80 Å². The van der Waals surface area contributed by atoms with Crippen molar-refractivity contribution in [3.05, 3.63) is 272 Å². The van der Waals surface area contributed by atoms with Crippen molar-refractivity contribution in [1.29, 1.82) is 5.26 Å². The Morgan fingerprint density at radius 2 is 0.690 bits per heavy atom. The third-order valence-corrected chi connectivity index (χ3v) is 13.0. The highest BCUT2D eigenvalue weighted by molar-refractivity contribution is 6.12. The van der Waals surface area contributed by atoms with E-state index in [0.29, 0.717) is 11.4 Å². The van der Waals surface area contributed by atoms with E-state index in [1.165, 1.54) is 0 Å². The SMILES string of the molecule is N#Cc1ccc(-c2nc(-c3ccccc3)cc(-c3ccc(-c4ccc(-n5c6ccc(N(c7ccccc7)c7ccccc7)cc6c6cc(N(c7ccccc7)c7ccccc7)ccc65)cc4)cc3)n2)cc1. The number of benzene rings is 10. The molecule has 12 aromatic rings. The standard InChI is InChI=1S/C65H44N6/c66-45-46-26-28-51(29-27-46)65-67-61(49-16-6-1-7-17-49)44-62(68-65)50-32-30-47(31-33-50)48-34-36-56(37-35-48)71-63-40-38-57(69(52-18-8-2-9-19-52)53-20-10-3-11-21-53)42-59(63)60-43-58(39-41-64(60)71)70(54-22-12-4-13-23-54)55-24-14-5-15-25-55/h1-44H. The average Bonchev–Trinajstić information content (AvgIpc) is 3.77. The quantitative estimate of drug-likeness (QED) is 0.129. The van der Waals surface area contributed by atoms with Gasteiger partial charge in [-0.2, -0.15) is 5.26 Å². The van der Waals surface area contributed by atoms with Gasteiger partial charge in [0.2, 0.25) is 0 Å². The average molecular weight is 909 g/mol. The second-order valence-electron chi connectivity index (χ2n) is 17.4. The number of fused-ring (bicyclic) bond motifs is 3. The lowest BCUT2D eigenvalue weighted by molar-refractivity contribution is 1.18. The number of nitrogens with zero attached hydrogens (tertiary/aromatic N) is 6. The van der Waals surface area contributed by atoms with E-state index in [2.05, 4.69) is 239 Å². The van der Waals surface area contributed by atoms with Gasteiger partial charge in [0, 0.05) is 67.3 Å². The molecule has 0 aliphatic carbocycles. The van der Waals surface area contributed by atoms with E-state index < -0.39 is 0 Å². The van der Waals surface area contributed by atoms with Crippen LogP contribution in [0.15, 0.2) is 267 Å². The van der Waals surface area contributed by atoms with Gasteiger partial charge in [0.1, 0.15) is 0 Å². The molecule has 0 saturated heterocycles. The summed E-state index contributed by atoms with van der Waals surface area (Å²) in [6, 6.07) is 95.3. The summed E-state index contributed by atoms with van der Waals surface area (Å²) in [4.78, 5) is 14.7. The maximum atomic E-state index is 9.41. The second kappa shape index (κ2) is 18.7. The molecule has 0 spiro atoms. The molecule has 334 valence electrons. The highest BCUT2D eigenvalue weighted by Gasteiger charge is 2.20. The van der Waals surface area contributed by atoms with Crippen molar-refractivity contribution in [3.8, 4) is 56.8 Å². The van der Waals surface area contributed by atoms with Crippen LogP contribution in [-0.2, 0) is 0 Å². The first-order valence-electron chi connectivity index (χ1n) is 23.7. The van der Waals surface area contributed by atoms with Gasteiger partial charge < -0.3 is 14.4 Å². The van der Waals surface area contributed by atoms with Gasteiger partial charge in [0.05, 0.1) is 34.1 Å². The molecule has 0 radical (unpaired) electrons. The Morgan fingerprint density at radius 3 is 1.11 bits per heavy atom. The summed E-state index contributed by atoms with van der Waals surface area (Å²) in [5.41, 5.74) is 17.1. The van der Waals surface area contributed by atoms with E-state index in [-0.39, 0.29) is 0 Å². The third kappa shape index (κ3) is 8.35. The minimum atomic E-state index is 0.597. The van der Waals surface area contributed by atoms with Gasteiger partial charge in [-0.15, -0.1) is 0 Å². The van der Waals surface area contributed by atoms with Gasteiger partial charge in [-0.1, -0.05) is 140 Å². The van der Waals surface area contributed by atoms with Crippen molar-refractivity contribution < 1.29 is 0 Å². The zero-order chi connectivity index (χ0) is 47.5. The van der Waals surface area contributed by atoms with Crippen LogP contribution in [0.1, 0.15) is 5.56 Å². The summed E-state index contributed by atoms with van der Waals surface area (Å²) in [5.74, 6) is 0.609. The molecule has 0 saturated carbocycles. The van der Waals surface area contributed by atoms with Crippen LogP contribution in [-0.4, -0.2) is 14.5 Å². The first-order valence-corrected chi connectivity index (χ1v) is 23.7. The molecule has 2 aromatic heterocycles. The van der Waals surface area contributed by atoms with Crippen molar-refractivity contribution in [2.45, 2.75) is 0 Å². The van der Waals surface area contributed by atoms with Crippen molar-refractivity contribution in [2.75, 3.05) is 9.80 Å². The molecule has 6 heteroatoms. The molecule has 0 aliphatic heterocycles. The molecule has 0 aliphatic rings. The molecule has 0 unspecified atom stereocenters. The number of anilines is 6. The van der Waals surface area contributed by atoms with Gasteiger partial charge in [-0.3, -0.25) is 0 Å². The van der Waals surface area contributed by atoms with Crippen LogP contribution in [0.25, 0.3) is 72.5 Å². The van der Waals surface area contributed by atoms with Crippen molar-refractivity contribution in [2.24, 2.45) is 0 Å². The van der Waals surface area contributed by atoms with Gasteiger partial charge in [0.25, 0.3) is 0 Å². The molecular formula is C65H44N6. The smallest absolute Gasteiger partial charge is 0.160 e. The fourth-order valence-corrected chi connectivity index (χ4v) is 9.57. The van der Waals surface area contributed by atoms with E-state index in [1.54, 1.807) is 12.1 Å². The second-order valence-corrected chi connectivity index (χ2v) is 17.4. The summed E-state index contributed by atoms with van der Waals surface area (Å²) >= 11 is 0. The zero-order valence-corrected chi connectivity index (χ0v) is 38.6. The van der Waals surface area contributed by atoms with E-state index >= 15 is 0 Å². The maximum absolute atomic E-state index is 9.41. The number of rotatable bonds is 11. The third-order valence-electron chi connectivity index (χ3n) is 13.0. The largest absolute Gasteiger partial charge is 0.310 e. The molecule has 2 heterocycles. The van der Waals surface area contributed by atoms with Gasteiger partial charge in [0.15, 0.2) is 5.82 Å². The van der Waals surface area contributed by atoms with E-state index in [1.807, 2.05) is 36.4 Å². The number of aromatic nitrogens is 3. The Bertz CT molecular complexity index is 3610. The maximum Gasteiger partial charge on any atom is 0.160 e. The van der Waals surface area contributed by atoms with Crippen LogP contribution in [0.3, 0.4) is 0 Å². The van der Waals surface area contributed by atoms with Crippen LogP contribution >= 0.6 is 0 Å². The van der Waals surface area contributed by atoms with Crippen LogP contribution in [0.5, 0.6) is 0 Å². The number of para-hydroxylation sites is 4. The Kier molecular flexibility index (Phi) is 11.2. The summed E-state index contributed by atoms with van der Waals surface area (Å²) in [6.45, 7) is 0. The predicted octanol–water partition coefficient (Wildman–Crippen LogP) is 17.1. The van der Waals surface area contributed by atoms with Gasteiger partial charge in [-0.05, 0) is 139 Å². The fourth-order valence-electron chi connectivity index (χ4n) is 9.57.